The maximum absolute atomic E-state index is 15.6. The van der Waals surface area contributed by atoms with Gasteiger partial charge in [0.1, 0.15) is 34.7 Å². The van der Waals surface area contributed by atoms with Gasteiger partial charge in [-0.15, -0.1) is 0 Å². The van der Waals surface area contributed by atoms with Crippen LogP contribution < -0.4 is 15.5 Å². The van der Waals surface area contributed by atoms with Crippen molar-refractivity contribution >= 4 is 52.1 Å². The van der Waals surface area contributed by atoms with Crippen LogP contribution >= 0.6 is 0 Å². The molecule has 9 heterocycles. The molecule has 326 valence electrons. The lowest BCUT2D eigenvalue weighted by Crippen LogP contribution is -2.69. The summed E-state index contributed by atoms with van der Waals surface area (Å²) < 4.78 is 47.8. The Morgan fingerprint density at radius 1 is 0.841 bits per heavy atom. The van der Waals surface area contributed by atoms with Crippen LogP contribution in [0.4, 0.5) is 30.6 Å². The predicted octanol–water partition coefficient (Wildman–Crippen LogP) is 5.51. The van der Waals surface area contributed by atoms with Gasteiger partial charge in [0.15, 0.2) is 11.6 Å². The highest BCUT2D eigenvalue weighted by molar-refractivity contribution is 6.23. The van der Waals surface area contributed by atoms with Crippen molar-refractivity contribution in [1.29, 1.82) is 0 Å². The molecule has 63 heavy (non-hydrogen) atoms. The molecule has 3 atom stereocenters. The third-order valence-electron chi connectivity index (χ3n) is 13.2. The number of benzene rings is 2. The summed E-state index contributed by atoms with van der Waals surface area (Å²) in [6, 6.07) is 8.45. The Morgan fingerprint density at radius 3 is 2.29 bits per heavy atom. The summed E-state index contributed by atoms with van der Waals surface area (Å²) in [4.78, 5) is 75.9. The predicted molar refractivity (Wildman–Crippen MR) is 226 cm³/mol. The number of fused-ring (bicyclic) bond motifs is 4. The average Bonchev–Trinajstić information content (AvgIpc) is 3.71. The minimum atomic E-state index is -1.10. The second-order valence-corrected chi connectivity index (χ2v) is 17.7. The van der Waals surface area contributed by atoms with E-state index in [-0.39, 0.29) is 64.8 Å². The van der Waals surface area contributed by atoms with E-state index < -0.39 is 47.1 Å². The quantitative estimate of drug-likeness (QED) is 0.170. The van der Waals surface area contributed by atoms with Crippen LogP contribution in [0.3, 0.4) is 0 Å². The van der Waals surface area contributed by atoms with Gasteiger partial charge in [-0.3, -0.25) is 39.2 Å². The van der Waals surface area contributed by atoms with Gasteiger partial charge in [0.25, 0.3) is 11.8 Å². The van der Waals surface area contributed by atoms with Gasteiger partial charge in [-0.05, 0) is 101 Å². The van der Waals surface area contributed by atoms with E-state index >= 15 is 13.2 Å². The second kappa shape index (κ2) is 15.8. The SMILES string of the molecule is Cc1nc2c(F)cc(-c3nc(Nc4ccc(CN5CCC(CN6CC7CC(C6)N7c6cc7c(cc6F)C(=O)N(C6CCC(=O)NC6=O)C7=O)CC5)cn4)ncc3F)cc2n1C(C)C. The van der Waals surface area contributed by atoms with Crippen LogP contribution in [0.25, 0.3) is 22.3 Å². The van der Waals surface area contributed by atoms with Crippen molar-refractivity contribution in [3.8, 4) is 11.3 Å². The molecule has 0 spiro atoms. The van der Waals surface area contributed by atoms with E-state index in [0.717, 1.165) is 81.3 Å². The van der Waals surface area contributed by atoms with Crippen LogP contribution in [-0.4, -0.2) is 114 Å². The number of imide groups is 2. The molecular weight excluding hydrogens is 816 g/mol. The Morgan fingerprint density at radius 2 is 1.59 bits per heavy atom. The van der Waals surface area contributed by atoms with E-state index in [2.05, 4.69) is 40.4 Å². The van der Waals surface area contributed by atoms with Crippen molar-refractivity contribution in [2.45, 2.75) is 83.6 Å². The second-order valence-electron chi connectivity index (χ2n) is 17.7. The molecule has 3 aromatic heterocycles. The number of aryl methyl sites for hydroxylation is 1. The molecule has 2 bridgehead atoms. The minimum absolute atomic E-state index is 0.0145. The first kappa shape index (κ1) is 40.8. The highest BCUT2D eigenvalue weighted by atomic mass is 19.1. The number of rotatable bonds is 10. The molecule has 5 saturated heterocycles. The summed E-state index contributed by atoms with van der Waals surface area (Å²) in [7, 11) is 0. The molecule has 6 aliphatic heterocycles. The van der Waals surface area contributed by atoms with Crippen molar-refractivity contribution in [2.75, 3.05) is 42.9 Å². The van der Waals surface area contributed by atoms with Gasteiger partial charge >= 0.3 is 0 Å². The third-order valence-corrected chi connectivity index (χ3v) is 13.2. The lowest BCUT2D eigenvalue weighted by Gasteiger charge is -2.58. The highest BCUT2D eigenvalue weighted by Gasteiger charge is 2.49. The summed E-state index contributed by atoms with van der Waals surface area (Å²) in [5, 5.41) is 5.24. The number of nitrogens with zero attached hydrogens (tertiary/aromatic N) is 9. The zero-order valence-electron chi connectivity index (χ0n) is 35.1. The molecule has 2 aromatic carbocycles. The topological polar surface area (TPSA) is 162 Å². The van der Waals surface area contributed by atoms with E-state index in [1.165, 1.54) is 12.1 Å². The van der Waals surface area contributed by atoms with Gasteiger partial charge in [-0.2, -0.15) is 0 Å². The maximum atomic E-state index is 15.6. The normalized spacial score (nSPS) is 22.0. The van der Waals surface area contributed by atoms with Crippen molar-refractivity contribution in [2.24, 2.45) is 5.92 Å². The number of carbonyl (C=O) groups excluding carboxylic acids is 4. The summed E-state index contributed by atoms with van der Waals surface area (Å²) in [5.41, 5.74) is 2.42. The molecule has 3 unspecified atom stereocenters. The monoisotopic (exact) mass is 861 g/mol. The summed E-state index contributed by atoms with van der Waals surface area (Å²) in [5.74, 6) is -2.50. The fourth-order valence-corrected chi connectivity index (χ4v) is 10.3. The molecule has 0 radical (unpaired) electrons. The minimum Gasteiger partial charge on any atom is -0.360 e. The number of imidazole rings is 1. The zero-order chi connectivity index (χ0) is 43.8. The van der Waals surface area contributed by atoms with Gasteiger partial charge < -0.3 is 14.8 Å². The smallest absolute Gasteiger partial charge is 0.262 e. The van der Waals surface area contributed by atoms with E-state index in [1.807, 2.05) is 42.4 Å². The van der Waals surface area contributed by atoms with Gasteiger partial charge in [-0.25, -0.2) is 33.1 Å². The average molecular weight is 862 g/mol. The summed E-state index contributed by atoms with van der Waals surface area (Å²) >= 11 is 0. The Labute approximate surface area is 360 Å². The van der Waals surface area contributed by atoms with E-state index in [1.54, 1.807) is 12.3 Å². The molecule has 18 heteroatoms. The highest BCUT2D eigenvalue weighted by Crippen LogP contribution is 2.42. The van der Waals surface area contributed by atoms with Gasteiger partial charge in [0.05, 0.1) is 28.5 Å². The number of carbonyl (C=O) groups is 4. The number of nitrogens with one attached hydrogen (secondary N) is 2. The van der Waals surface area contributed by atoms with E-state index in [4.69, 9.17) is 0 Å². The largest absolute Gasteiger partial charge is 0.360 e. The summed E-state index contributed by atoms with van der Waals surface area (Å²) in [6.07, 6.45) is 5.93. The van der Waals surface area contributed by atoms with E-state index in [9.17, 15) is 19.2 Å². The molecule has 15 nitrogen and oxygen atoms in total. The number of piperazine rings is 1. The lowest BCUT2D eigenvalue weighted by molar-refractivity contribution is -0.136. The van der Waals surface area contributed by atoms with Crippen molar-refractivity contribution < 1.29 is 32.3 Å². The molecule has 6 aliphatic rings. The van der Waals surface area contributed by atoms with Crippen LogP contribution in [0.5, 0.6) is 0 Å². The van der Waals surface area contributed by atoms with Crippen molar-refractivity contribution in [3.05, 3.63) is 88.8 Å². The molecule has 5 fully saturated rings. The number of amides is 4. The first-order valence-corrected chi connectivity index (χ1v) is 21.5. The molecule has 4 amide bonds. The Hall–Kier alpha value is -6.27. The van der Waals surface area contributed by atoms with Crippen LogP contribution in [0.2, 0.25) is 0 Å². The first-order chi connectivity index (χ1) is 30.3. The van der Waals surface area contributed by atoms with Crippen LogP contribution in [0.1, 0.15) is 84.1 Å². The summed E-state index contributed by atoms with van der Waals surface area (Å²) in [6.45, 7) is 10.9. The van der Waals surface area contributed by atoms with Gasteiger partial charge in [0, 0.05) is 62.5 Å². The Kier molecular flexibility index (Phi) is 10.2. The fourth-order valence-electron chi connectivity index (χ4n) is 10.3. The standard InChI is InChI=1S/C45H46F3N11O4/c1-23(2)57-24(3)51-41-33(47)12-27(13-37(41)57)40-34(48)18-50-45(54-40)52-38-6-4-26(17-49-38)20-55-10-8-25(9-11-55)19-56-21-28-14-29(22-56)58(28)36-16-31-30(15-32(36)46)43(62)59(44(31)63)35-5-7-39(60)53-42(35)61/h4,6,12-13,15-18,23,25,28-29,35H,5,7-11,14,19-22H2,1-3H3,(H,53,60,61)(H,49,50,52,54). The lowest BCUT2D eigenvalue weighted by atomic mass is 9.85. The Balaban J connectivity index is 0.714. The number of pyridine rings is 1. The first-order valence-electron chi connectivity index (χ1n) is 21.5. The molecule has 5 aromatic rings. The number of aromatic nitrogens is 5. The number of anilines is 3. The zero-order valence-corrected chi connectivity index (χ0v) is 35.1. The van der Waals surface area contributed by atoms with Gasteiger partial charge in [0.2, 0.25) is 17.8 Å². The number of piperidine rings is 3. The van der Waals surface area contributed by atoms with Gasteiger partial charge in [-0.1, -0.05) is 6.07 Å². The number of hydrogen-bond acceptors (Lipinski definition) is 12. The van der Waals surface area contributed by atoms with Crippen molar-refractivity contribution in [1.82, 2.24) is 44.5 Å². The Bertz CT molecular complexity index is 2690. The maximum Gasteiger partial charge on any atom is 0.262 e. The molecule has 2 N–H and O–H groups in total. The number of hydrogen-bond donors (Lipinski definition) is 2. The van der Waals surface area contributed by atoms with Crippen LogP contribution in [0.15, 0.2) is 48.8 Å². The molecular formula is C45H46F3N11O4. The van der Waals surface area contributed by atoms with Crippen LogP contribution in [0, 0.1) is 30.3 Å². The molecule has 11 rings (SSSR count). The third kappa shape index (κ3) is 7.37. The van der Waals surface area contributed by atoms with Crippen molar-refractivity contribution in [3.63, 3.8) is 0 Å². The van der Waals surface area contributed by atoms with E-state index in [0.29, 0.717) is 28.8 Å². The molecule has 0 aliphatic carbocycles. The fraction of sp³-hybridized carbons (Fsp3) is 0.422. The number of likely N-dealkylation sites (tertiary alicyclic amines) is 1. The number of halogens is 3. The van der Waals surface area contributed by atoms with Crippen LogP contribution in [-0.2, 0) is 16.1 Å². The molecule has 0 saturated carbocycles.